The van der Waals surface area contributed by atoms with Gasteiger partial charge in [0.25, 0.3) is 0 Å². The largest absolute Gasteiger partial charge is 0.335 e. The Balaban J connectivity index is 1.93. The molecular weight excluding hydrogens is 214 g/mol. The van der Waals surface area contributed by atoms with Crippen LogP contribution in [0, 0.1) is 0 Å². The molecule has 1 aromatic rings. The number of aromatic nitrogens is 2. The first-order chi connectivity index (χ1) is 8.13. The first-order valence-electron chi connectivity index (χ1n) is 6.43. The summed E-state index contributed by atoms with van der Waals surface area (Å²) >= 11 is 0. The van der Waals surface area contributed by atoms with Crippen molar-refractivity contribution >= 4 is 5.78 Å². The molecule has 0 atom stereocenters. The SMILES string of the molecule is CCn1ccnc1CC(=O)CC1(N)CCCC1. The average molecular weight is 235 g/mol. The van der Waals surface area contributed by atoms with E-state index in [1.165, 1.54) is 0 Å². The first-order valence-corrected chi connectivity index (χ1v) is 6.43. The lowest BCUT2D eigenvalue weighted by Gasteiger charge is -2.22. The minimum atomic E-state index is -0.235. The molecule has 1 aliphatic rings. The molecule has 0 unspecified atom stereocenters. The van der Waals surface area contributed by atoms with E-state index in [9.17, 15) is 4.79 Å². The van der Waals surface area contributed by atoms with Crippen LogP contribution in [0.5, 0.6) is 0 Å². The third-order valence-corrected chi connectivity index (χ3v) is 3.65. The quantitative estimate of drug-likeness (QED) is 0.844. The lowest BCUT2D eigenvalue weighted by atomic mass is 9.91. The summed E-state index contributed by atoms with van der Waals surface area (Å²) in [6.07, 6.45) is 8.88. The van der Waals surface area contributed by atoms with Gasteiger partial charge in [-0.25, -0.2) is 4.98 Å². The molecule has 1 fully saturated rings. The molecule has 0 saturated heterocycles. The summed E-state index contributed by atoms with van der Waals surface area (Å²) in [6, 6.07) is 0. The second-order valence-corrected chi connectivity index (χ2v) is 5.09. The fraction of sp³-hybridized carbons (Fsp3) is 0.692. The molecule has 0 spiro atoms. The molecule has 2 rings (SSSR count). The number of hydrogen-bond donors (Lipinski definition) is 1. The number of ketones is 1. The third-order valence-electron chi connectivity index (χ3n) is 3.65. The minimum absolute atomic E-state index is 0.218. The van der Waals surface area contributed by atoms with E-state index in [0.29, 0.717) is 12.8 Å². The van der Waals surface area contributed by atoms with Crippen LogP contribution in [0.25, 0.3) is 0 Å². The van der Waals surface area contributed by atoms with Gasteiger partial charge in [0.2, 0.25) is 0 Å². The number of nitrogens with zero attached hydrogens (tertiary/aromatic N) is 2. The van der Waals surface area contributed by atoms with Crippen molar-refractivity contribution in [1.82, 2.24) is 9.55 Å². The van der Waals surface area contributed by atoms with Crippen LogP contribution >= 0.6 is 0 Å². The van der Waals surface area contributed by atoms with Crippen molar-refractivity contribution in [2.45, 2.75) is 57.5 Å². The lowest BCUT2D eigenvalue weighted by molar-refractivity contribution is -0.119. The first kappa shape index (κ1) is 12.3. The van der Waals surface area contributed by atoms with E-state index in [-0.39, 0.29) is 11.3 Å². The Kier molecular flexibility index (Phi) is 3.62. The Bertz CT molecular complexity index is 391. The molecule has 1 heterocycles. The van der Waals surface area contributed by atoms with Crippen LogP contribution in [0.2, 0.25) is 0 Å². The van der Waals surface area contributed by atoms with Gasteiger partial charge >= 0.3 is 0 Å². The molecule has 0 aromatic carbocycles. The number of nitrogens with two attached hydrogens (primary N) is 1. The van der Waals surface area contributed by atoms with E-state index in [4.69, 9.17) is 5.73 Å². The van der Waals surface area contributed by atoms with Gasteiger partial charge in [-0.2, -0.15) is 0 Å². The van der Waals surface area contributed by atoms with E-state index in [2.05, 4.69) is 11.9 Å². The van der Waals surface area contributed by atoms with Crippen LogP contribution in [0.1, 0.15) is 44.9 Å². The van der Waals surface area contributed by atoms with Gasteiger partial charge in [-0.1, -0.05) is 12.8 Å². The van der Waals surface area contributed by atoms with E-state index in [1.54, 1.807) is 6.20 Å². The van der Waals surface area contributed by atoms with Crippen molar-refractivity contribution in [3.05, 3.63) is 18.2 Å². The number of carbonyl (C=O) groups is 1. The smallest absolute Gasteiger partial charge is 0.142 e. The topological polar surface area (TPSA) is 60.9 Å². The fourth-order valence-electron chi connectivity index (χ4n) is 2.68. The van der Waals surface area contributed by atoms with Crippen molar-refractivity contribution in [1.29, 1.82) is 0 Å². The molecule has 2 N–H and O–H groups in total. The highest BCUT2D eigenvalue weighted by Crippen LogP contribution is 2.30. The maximum atomic E-state index is 12.0. The Hall–Kier alpha value is -1.16. The van der Waals surface area contributed by atoms with Crippen molar-refractivity contribution < 1.29 is 4.79 Å². The van der Waals surface area contributed by atoms with Crippen molar-refractivity contribution in [2.75, 3.05) is 0 Å². The predicted molar refractivity (Wildman–Crippen MR) is 66.6 cm³/mol. The fourth-order valence-corrected chi connectivity index (χ4v) is 2.68. The van der Waals surface area contributed by atoms with E-state index >= 15 is 0 Å². The van der Waals surface area contributed by atoms with Crippen LogP contribution in [-0.4, -0.2) is 20.9 Å². The van der Waals surface area contributed by atoms with Gasteiger partial charge in [-0.05, 0) is 19.8 Å². The number of rotatable bonds is 5. The molecule has 1 saturated carbocycles. The van der Waals surface area contributed by atoms with Crippen LogP contribution < -0.4 is 5.73 Å². The summed E-state index contributed by atoms with van der Waals surface area (Å²) in [7, 11) is 0. The van der Waals surface area contributed by atoms with Crippen molar-refractivity contribution in [2.24, 2.45) is 5.73 Å². The molecule has 0 amide bonds. The van der Waals surface area contributed by atoms with E-state index < -0.39 is 0 Å². The highest BCUT2D eigenvalue weighted by molar-refractivity contribution is 5.81. The molecule has 94 valence electrons. The van der Waals surface area contributed by atoms with Crippen LogP contribution in [-0.2, 0) is 17.8 Å². The second kappa shape index (κ2) is 5.00. The zero-order valence-electron chi connectivity index (χ0n) is 10.5. The van der Waals surface area contributed by atoms with Crippen molar-refractivity contribution in [3.63, 3.8) is 0 Å². The molecule has 0 aliphatic heterocycles. The molecule has 4 nitrogen and oxygen atoms in total. The monoisotopic (exact) mass is 235 g/mol. The van der Waals surface area contributed by atoms with Gasteiger partial charge in [-0.15, -0.1) is 0 Å². The molecule has 17 heavy (non-hydrogen) atoms. The summed E-state index contributed by atoms with van der Waals surface area (Å²) < 4.78 is 2.01. The number of aryl methyl sites for hydroxylation is 1. The normalized spacial score (nSPS) is 18.5. The summed E-state index contributed by atoms with van der Waals surface area (Å²) in [6.45, 7) is 2.91. The third kappa shape index (κ3) is 2.94. The van der Waals surface area contributed by atoms with Crippen LogP contribution in [0.3, 0.4) is 0 Å². The molecular formula is C13H21N3O. The second-order valence-electron chi connectivity index (χ2n) is 5.09. The maximum absolute atomic E-state index is 12.0. The van der Waals surface area contributed by atoms with Crippen LogP contribution in [0.15, 0.2) is 12.4 Å². The summed E-state index contributed by atoms with van der Waals surface area (Å²) in [5, 5.41) is 0. The average Bonchev–Trinajstić information content (AvgIpc) is 2.87. The van der Waals surface area contributed by atoms with Gasteiger partial charge < -0.3 is 10.3 Å². The summed E-state index contributed by atoms with van der Waals surface area (Å²) in [4.78, 5) is 16.2. The highest BCUT2D eigenvalue weighted by atomic mass is 16.1. The van der Waals surface area contributed by atoms with Gasteiger partial charge in [0.05, 0.1) is 6.42 Å². The lowest BCUT2D eigenvalue weighted by Crippen LogP contribution is -2.39. The molecule has 1 aromatic heterocycles. The number of carbonyl (C=O) groups excluding carboxylic acids is 1. The van der Waals surface area contributed by atoms with Crippen molar-refractivity contribution in [3.8, 4) is 0 Å². The zero-order chi connectivity index (χ0) is 12.3. The van der Waals surface area contributed by atoms with E-state index in [0.717, 1.165) is 38.1 Å². The number of imidazole rings is 1. The van der Waals surface area contributed by atoms with Gasteiger partial charge in [-0.3, -0.25) is 4.79 Å². The Morgan fingerprint density at radius 3 is 2.88 bits per heavy atom. The Morgan fingerprint density at radius 1 is 1.53 bits per heavy atom. The Labute approximate surface area is 102 Å². The minimum Gasteiger partial charge on any atom is -0.335 e. The predicted octanol–water partition coefficient (Wildman–Crippen LogP) is 1.68. The number of hydrogen-bond acceptors (Lipinski definition) is 3. The van der Waals surface area contributed by atoms with Gasteiger partial charge in [0.1, 0.15) is 11.6 Å². The number of Topliss-reactive ketones (excluding diaryl/α,β-unsaturated/α-hetero) is 1. The van der Waals surface area contributed by atoms with E-state index in [1.807, 2.05) is 10.8 Å². The van der Waals surface area contributed by atoms with Crippen LogP contribution in [0.4, 0.5) is 0 Å². The zero-order valence-corrected chi connectivity index (χ0v) is 10.5. The molecule has 4 heteroatoms. The van der Waals surface area contributed by atoms with Gasteiger partial charge in [0.15, 0.2) is 0 Å². The molecule has 1 aliphatic carbocycles. The summed E-state index contributed by atoms with van der Waals surface area (Å²) in [5.41, 5.74) is 5.98. The molecule has 0 bridgehead atoms. The van der Waals surface area contributed by atoms with Gasteiger partial charge in [0, 0.05) is 30.9 Å². The Morgan fingerprint density at radius 2 is 2.24 bits per heavy atom. The maximum Gasteiger partial charge on any atom is 0.142 e. The summed E-state index contributed by atoms with van der Waals surface area (Å²) in [5.74, 6) is 1.08. The standard InChI is InChI=1S/C13H21N3O/c1-2-16-8-7-15-12(16)9-11(17)10-13(14)5-3-4-6-13/h7-8H,2-6,9-10,14H2,1H3. The highest BCUT2D eigenvalue weighted by Gasteiger charge is 2.31. The molecule has 0 radical (unpaired) electrons.